The Balaban J connectivity index is 2.47. The molecule has 0 amide bonds. The van der Waals surface area contributed by atoms with Gasteiger partial charge in [-0.15, -0.1) is 0 Å². The Labute approximate surface area is 138 Å². The number of hydrogen-bond donors (Lipinski definition) is 1. The molecule has 0 fully saturated rings. The standard InChI is InChI=1S/C18H10F6O/c19-17(20,21)13-8-4-7-11-12(13)9-14(18(22,23)24)15(16(11)25)10-5-2-1-3-6-10/h1-9,25H. The minimum Gasteiger partial charge on any atom is -0.507 e. The van der Waals surface area contributed by atoms with E-state index < -0.39 is 40.2 Å². The van der Waals surface area contributed by atoms with Crippen LogP contribution < -0.4 is 0 Å². The van der Waals surface area contributed by atoms with Crippen LogP contribution in [0.2, 0.25) is 0 Å². The van der Waals surface area contributed by atoms with E-state index in [1.807, 2.05) is 0 Å². The smallest absolute Gasteiger partial charge is 0.417 e. The van der Waals surface area contributed by atoms with Crippen LogP contribution in [0, 0.1) is 0 Å². The lowest BCUT2D eigenvalue weighted by molar-refractivity contribution is -0.138. The number of phenols is 1. The van der Waals surface area contributed by atoms with E-state index in [-0.39, 0.29) is 10.9 Å². The first-order chi connectivity index (χ1) is 11.6. The van der Waals surface area contributed by atoms with Gasteiger partial charge in [0.05, 0.1) is 11.1 Å². The normalized spacial score (nSPS) is 12.6. The summed E-state index contributed by atoms with van der Waals surface area (Å²) < 4.78 is 79.8. The van der Waals surface area contributed by atoms with Crippen LogP contribution in [0.1, 0.15) is 11.1 Å². The summed E-state index contributed by atoms with van der Waals surface area (Å²) in [6, 6.07) is 10.6. The highest BCUT2D eigenvalue weighted by Crippen LogP contribution is 2.47. The van der Waals surface area contributed by atoms with Crippen LogP contribution in [0.4, 0.5) is 26.3 Å². The Morgan fingerprint density at radius 3 is 1.80 bits per heavy atom. The minimum absolute atomic E-state index is 0.0617. The minimum atomic E-state index is -4.93. The van der Waals surface area contributed by atoms with Crippen molar-refractivity contribution in [3.63, 3.8) is 0 Å². The van der Waals surface area contributed by atoms with E-state index in [0.29, 0.717) is 12.1 Å². The number of fused-ring (bicyclic) bond motifs is 1. The summed E-state index contributed by atoms with van der Waals surface area (Å²) in [5.41, 5.74) is -3.03. The highest BCUT2D eigenvalue weighted by Gasteiger charge is 2.38. The van der Waals surface area contributed by atoms with Crippen molar-refractivity contribution >= 4 is 10.8 Å². The van der Waals surface area contributed by atoms with Gasteiger partial charge in [-0.05, 0) is 23.1 Å². The van der Waals surface area contributed by atoms with Crippen molar-refractivity contribution < 1.29 is 31.4 Å². The van der Waals surface area contributed by atoms with E-state index in [1.54, 1.807) is 6.07 Å². The van der Waals surface area contributed by atoms with Crippen molar-refractivity contribution in [1.82, 2.24) is 0 Å². The summed E-state index contributed by atoms with van der Waals surface area (Å²) in [6.45, 7) is 0. The Hall–Kier alpha value is -2.70. The lowest BCUT2D eigenvalue weighted by atomic mass is 9.92. The molecule has 1 nitrogen and oxygen atoms in total. The predicted molar refractivity (Wildman–Crippen MR) is 81.1 cm³/mol. The number of aromatic hydroxyl groups is 1. The lowest BCUT2D eigenvalue weighted by Crippen LogP contribution is -2.10. The second kappa shape index (κ2) is 5.68. The molecular formula is C18H10F6O. The molecule has 1 N–H and O–H groups in total. The maximum absolute atomic E-state index is 13.5. The molecule has 0 saturated carbocycles. The third-order valence-corrected chi connectivity index (χ3v) is 3.83. The number of alkyl halides is 6. The summed E-state index contributed by atoms with van der Waals surface area (Å²) in [7, 11) is 0. The van der Waals surface area contributed by atoms with Gasteiger partial charge in [0.15, 0.2) is 0 Å². The molecule has 0 aliphatic heterocycles. The second-order valence-electron chi connectivity index (χ2n) is 5.41. The molecule has 0 spiro atoms. The molecule has 0 heterocycles. The van der Waals surface area contributed by atoms with Crippen molar-refractivity contribution in [3.8, 4) is 16.9 Å². The fourth-order valence-corrected chi connectivity index (χ4v) is 2.77. The van der Waals surface area contributed by atoms with Gasteiger partial charge in [0.1, 0.15) is 5.75 Å². The first-order valence-electron chi connectivity index (χ1n) is 7.09. The van der Waals surface area contributed by atoms with Gasteiger partial charge in [0, 0.05) is 10.9 Å². The molecule has 130 valence electrons. The topological polar surface area (TPSA) is 20.2 Å². The van der Waals surface area contributed by atoms with E-state index in [0.717, 1.165) is 12.1 Å². The predicted octanol–water partition coefficient (Wildman–Crippen LogP) is 6.25. The van der Waals surface area contributed by atoms with Crippen LogP contribution in [-0.4, -0.2) is 5.11 Å². The van der Waals surface area contributed by atoms with Gasteiger partial charge in [-0.2, -0.15) is 26.3 Å². The Morgan fingerprint density at radius 2 is 1.24 bits per heavy atom. The van der Waals surface area contributed by atoms with Crippen molar-refractivity contribution in [2.24, 2.45) is 0 Å². The van der Waals surface area contributed by atoms with Gasteiger partial charge >= 0.3 is 12.4 Å². The van der Waals surface area contributed by atoms with E-state index in [9.17, 15) is 31.4 Å². The molecule has 0 saturated heterocycles. The average Bonchev–Trinajstić information content (AvgIpc) is 2.53. The fourth-order valence-electron chi connectivity index (χ4n) is 2.77. The van der Waals surface area contributed by atoms with Crippen LogP contribution in [-0.2, 0) is 12.4 Å². The summed E-state index contributed by atoms with van der Waals surface area (Å²) in [4.78, 5) is 0. The molecule has 3 aromatic carbocycles. The molecule has 7 heteroatoms. The Kier molecular flexibility index (Phi) is 3.89. The quantitative estimate of drug-likeness (QED) is 0.511. The Bertz CT molecular complexity index is 926. The first-order valence-corrected chi connectivity index (χ1v) is 7.09. The van der Waals surface area contributed by atoms with Crippen LogP contribution in [0.5, 0.6) is 5.75 Å². The number of benzene rings is 3. The summed E-state index contributed by atoms with van der Waals surface area (Å²) in [5.74, 6) is -0.831. The fraction of sp³-hybridized carbons (Fsp3) is 0.111. The molecule has 25 heavy (non-hydrogen) atoms. The molecule has 0 bridgehead atoms. The Morgan fingerprint density at radius 1 is 0.640 bits per heavy atom. The third kappa shape index (κ3) is 3.01. The van der Waals surface area contributed by atoms with Crippen molar-refractivity contribution in [1.29, 1.82) is 0 Å². The van der Waals surface area contributed by atoms with Crippen LogP contribution in [0.3, 0.4) is 0 Å². The van der Waals surface area contributed by atoms with Crippen LogP contribution >= 0.6 is 0 Å². The number of halogens is 6. The lowest BCUT2D eigenvalue weighted by Gasteiger charge is -2.19. The van der Waals surface area contributed by atoms with E-state index >= 15 is 0 Å². The molecule has 0 aliphatic rings. The van der Waals surface area contributed by atoms with Gasteiger partial charge in [0.2, 0.25) is 0 Å². The van der Waals surface area contributed by atoms with Crippen molar-refractivity contribution in [3.05, 3.63) is 65.7 Å². The third-order valence-electron chi connectivity index (χ3n) is 3.83. The number of hydrogen-bond acceptors (Lipinski definition) is 1. The number of phenolic OH excluding ortho intramolecular Hbond substituents is 1. The zero-order valence-electron chi connectivity index (χ0n) is 12.4. The van der Waals surface area contributed by atoms with Crippen molar-refractivity contribution in [2.45, 2.75) is 12.4 Å². The van der Waals surface area contributed by atoms with Gasteiger partial charge in [-0.25, -0.2) is 0 Å². The van der Waals surface area contributed by atoms with Gasteiger partial charge < -0.3 is 5.11 Å². The van der Waals surface area contributed by atoms with Gasteiger partial charge in [-0.3, -0.25) is 0 Å². The molecule has 3 rings (SSSR count). The largest absolute Gasteiger partial charge is 0.507 e. The maximum atomic E-state index is 13.5. The second-order valence-corrected chi connectivity index (χ2v) is 5.41. The summed E-state index contributed by atoms with van der Waals surface area (Å²) in [5, 5.41) is 9.38. The molecular weight excluding hydrogens is 346 g/mol. The molecule has 0 atom stereocenters. The maximum Gasteiger partial charge on any atom is 0.417 e. The average molecular weight is 356 g/mol. The monoisotopic (exact) mass is 356 g/mol. The highest BCUT2D eigenvalue weighted by molar-refractivity contribution is 5.98. The molecule has 0 aromatic heterocycles. The SMILES string of the molecule is Oc1c(-c2ccccc2)c(C(F)(F)F)cc2c(C(F)(F)F)cccc12. The highest BCUT2D eigenvalue weighted by atomic mass is 19.4. The van der Waals surface area contributed by atoms with Crippen LogP contribution in [0.15, 0.2) is 54.6 Å². The van der Waals surface area contributed by atoms with E-state index in [1.165, 1.54) is 24.3 Å². The summed E-state index contributed by atoms with van der Waals surface area (Å²) >= 11 is 0. The van der Waals surface area contributed by atoms with E-state index in [2.05, 4.69) is 0 Å². The zero-order valence-corrected chi connectivity index (χ0v) is 12.4. The van der Waals surface area contributed by atoms with Gasteiger partial charge in [0.25, 0.3) is 0 Å². The van der Waals surface area contributed by atoms with E-state index in [4.69, 9.17) is 0 Å². The number of rotatable bonds is 1. The zero-order chi connectivity index (χ0) is 18.4. The first kappa shape index (κ1) is 17.1. The van der Waals surface area contributed by atoms with Gasteiger partial charge in [-0.1, -0.05) is 42.5 Å². The summed E-state index contributed by atoms with van der Waals surface area (Å²) in [6.07, 6.45) is -9.78. The molecule has 3 aromatic rings. The molecule has 0 unspecified atom stereocenters. The van der Waals surface area contributed by atoms with Crippen LogP contribution in [0.25, 0.3) is 21.9 Å². The molecule has 0 aliphatic carbocycles. The molecule has 0 radical (unpaired) electrons. The van der Waals surface area contributed by atoms with Crippen molar-refractivity contribution in [2.75, 3.05) is 0 Å².